The van der Waals surface area contributed by atoms with E-state index < -0.39 is 12.6 Å². The highest BCUT2D eigenvalue weighted by Crippen LogP contribution is 2.30. The number of carbonyl (C=O) groups is 1. The number of methoxy groups -OCH3 is 1. The average Bonchev–Trinajstić information content (AvgIpc) is 3.26. The number of hydrogen-bond donors (Lipinski definition) is 0. The topological polar surface area (TPSA) is 87.8 Å². The molecular formula is C23H20F2N4O4S. The fourth-order valence-electron chi connectivity index (χ4n) is 3.16. The minimum Gasteiger partial charge on any atom is -0.497 e. The van der Waals surface area contributed by atoms with Crippen molar-refractivity contribution in [1.82, 2.24) is 14.9 Å². The van der Waals surface area contributed by atoms with Crippen molar-refractivity contribution >= 4 is 29.5 Å². The van der Waals surface area contributed by atoms with Crippen molar-refractivity contribution in [2.45, 2.75) is 18.7 Å². The molecule has 0 fully saturated rings. The number of nitrogens with zero attached hydrogens (tertiary/aromatic N) is 4. The molecule has 0 atom stereocenters. The van der Waals surface area contributed by atoms with Gasteiger partial charge in [0.15, 0.2) is 5.82 Å². The van der Waals surface area contributed by atoms with Gasteiger partial charge in [0.2, 0.25) is 5.16 Å². The zero-order valence-corrected chi connectivity index (χ0v) is 19.1. The fourth-order valence-corrected chi connectivity index (χ4v) is 3.99. The average molecular weight is 487 g/mol. The summed E-state index contributed by atoms with van der Waals surface area (Å²) in [6, 6.07) is 13.2. The Morgan fingerprint density at radius 2 is 1.82 bits per heavy atom. The first-order valence-corrected chi connectivity index (χ1v) is 11.2. The van der Waals surface area contributed by atoms with Gasteiger partial charge in [-0.05, 0) is 55.0 Å². The Labute approximate surface area is 198 Å². The summed E-state index contributed by atoms with van der Waals surface area (Å²) in [7, 11) is 1.59. The van der Waals surface area contributed by atoms with Gasteiger partial charge in [0.25, 0.3) is 0 Å². The molecule has 0 unspecified atom stereocenters. The predicted octanol–water partition coefficient (Wildman–Crippen LogP) is 4.51. The lowest BCUT2D eigenvalue weighted by molar-refractivity contribution is -0.137. The van der Waals surface area contributed by atoms with Gasteiger partial charge in [-0.25, -0.2) is 4.79 Å². The molecule has 0 bridgehead atoms. The Morgan fingerprint density at radius 3 is 2.47 bits per heavy atom. The molecule has 34 heavy (non-hydrogen) atoms. The van der Waals surface area contributed by atoms with Crippen molar-refractivity contribution in [2.24, 2.45) is 5.10 Å². The third-order valence-corrected chi connectivity index (χ3v) is 5.67. The van der Waals surface area contributed by atoms with E-state index in [0.717, 1.165) is 5.56 Å². The Hall–Kier alpha value is -3.73. The van der Waals surface area contributed by atoms with Crippen LogP contribution in [-0.4, -0.2) is 52.6 Å². The van der Waals surface area contributed by atoms with Crippen LogP contribution in [0.25, 0.3) is 17.5 Å². The van der Waals surface area contributed by atoms with Gasteiger partial charge in [0.1, 0.15) is 11.5 Å². The quantitative estimate of drug-likeness (QED) is 0.342. The van der Waals surface area contributed by atoms with Crippen LogP contribution in [0, 0.1) is 0 Å². The molecule has 8 nitrogen and oxygen atoms in total. The molecule has 0 radical (unpaired) electrons. The number of hydrogen-bond acceptors (Lipinski definition) is 8. The third kappa shape index (κ3) is 5.25. The van der Waals surface area contributed by atoms with Crippen molar-refractivity contribution in [3.63, 3.8) is 0 Å². The monoisotopic (exact) mass is 486 g/mol. The van der Waals surface area contributed by atoms with Crippen LogP contribution >= 0.6 is 11.8 Å². The number of thioether (sulfide) groups is 1. The number of alkyl halides is 2. The van der Waals surface area contributed by atoms with E-state index >= 15 is 0 Å². The van der Waals surface area contributed by atoms with Crippen molar-refractivity contribution in [2.75, 3.05) is 19.5 Å². The van der Waals surface area contributed by atoms with Crippen LogP contribution in [0.5, 0.6) is 11.5 Å². The summed E-state index contributed by atoms with van der Waals surface area (Å²) >= 11 is 1.39. The van der Waals surface area contributed by atoms with Crippen molar-refractivity contribution in [1.29, 1.82) is 0 Å². The van der Waals surface area contributed by atoms with Crippen LogP contribution < -0.4 is 9.47 Å². The minimum atomic E-state index is -2.91. The van der Waals surface area contributed by atoms with Crippen LogP contribution in [0.4, 0.5) is 8.78 Å². The van der Waals surface area contributed by atoms with E-state index in [4.69, 9.17) is 9.47 Å². The molecule has 2 heterocycles. The second-order valence-corrected chi connectivity index (χ2v) is 7.85. The molecule has 1 aromatic heterocycles. The highest BCUT2D eigenvalue weighted by Gasteiger charge is 2.25. The maximum absolute atomic E-state index is 12.8. The van der Waals surface area contributed by atoms with Gasteiger partial charge in [0, 0.05) is 11.3 Å². The maximum Gasteiger partial charge on any atom is 0.387 e. The van der Waals surface area contributed by atoms with Crippen LogP contribution in [0.3, 0.4) is 0 Å². The molecule has 1 aliphatic rings. The molecule has 0 N–H and O–H groups in total. The van der Waals surface area contributed by atoms with Crippen LogP contribution in [-0.2, 0) is 9.53 Å². The van der Waals surface area contributed by atoms with Crippen LogP contribution in [0.15, 0.2) is 64.4 Å². The van der Waals surface area contributed by atoms with Gasteiger partial charge in [-0.15, -0.1) is 10.2 Å². The lowest BCUT2D eigenvalue weighted by Gasteiger charge is -2.16. The summed E-state index contributed by atoms with van der Waals surface area (Å²) in [6.07, 6.45) is 1.60. The number of fused-ring (bicyclic) bond motifs is 1. The predicted molar refractivity (Wildman–Crippen MR) is 123 cm³/mol. The molecule has 2 aromatic carbocycles. The van der Waals surface area contributed by atoms with Crippen LogP contribution in [0.1, 0.15) is 12.5 Å². The summed E-state index contributed by atoms with van der Waals surface area (Å²) < 4.78 is 41.2. The first kappa shape index (κ1) is 23.4. The standard InChI is InChI=1S/C23H20F2N4O4S/c1-3-32-21(30)18(12-14-4-8-17(9-5-14)33-22(24)25)19-13-34-23-27-26-20(29(23)28-19)15-6-10-16(31-2)11-7-15/h4-12,22H,3,13H2,1-2H3. The van der Waals surface area contributed by atoms with Gasteiger partial charge in [-0.3, -0.25) is 0 Å². The smallest absolute Gasteiger partial charge is 0.387 e. The SMILES string of the molecule is CCOC(=O)C(=Cc1ccc(OC(F)F)cc1)C1=Nn2c(nnc2-c2ccc(OC)cc2)SC1. The summed E-state index contributed by atoms with van der Waals surface area (Å²) in [6.45, 7) is -1.02. The molecule has 0 aliphatic carbocycles. The lowest BCUT2D eigenvalue weighted by Crippen LogP contribution is -2.21. The number of aromatic nitrogens is 3. The Bertz CT molecular complexity index is 1220. The largest absolute Gasteiger partial charge is 0.497 e. The number of halogens is 2. The highest BCUT2D eigenvalue weighted by atomic mass is 32.2. The Morgan fingerprint density at radius 1 is 1.12 bits per heavy atom. The van der Waals surface area contributed by atoms with E-state index in [1.807, 2.05) is 24.3 Å². The number of rotatable bonds is 8. The van der Waals surface area contributed by atoms with Crippen molar-refractivity contribution < 1.29 is 27.8 Å². The zero-order chi connectivity index (χ0) is 24.1. The summed E-state index contributed by atoms with van der Waals surface area (Å²) in [5.41, 5.74) is 2.10. The molecule has 0 amide bonds. The molecule has 176 valence electrons. The normalized spacial score (nSPS) is 13.3. The molecule has 3 aromatic rings. The van der Waals surface area contributed by atoms with Gasteiger partial charge in [-0.2, -0.15) is 18.6 Å². The van der Waals surface area contributed by atoms with Gasteiger partial charge in [-0.1, -0.05) is 23.9 Å². The first-order valence-electron chi connectivity index (χ1n) is 10.2. The number of carbonyl (C=O) groups excluding carboxylic acids is 1. The van der Waals surface area contributed by atoms with E-state index in [1.54, 1.807) is 36.9 Å². The number of ether oxygens (including phenoxy) is 3. The van der Waals surface area contributed by atoms with Gasteiger partial charge in [0.05, 0.1) is 25.0 Å². The van der Waals surface area contributed by atoms with Crippen molar-refractivity contribution in [3.8, 4) is 22.9 Å². The molecule has 0 spiro atoms. The van der Waals surface area contributed by atoms with E-state index in [1.165, 1.54) is 23.9 Å². The van der Waals surface area contributed by atoms with E-state index in [2.05, 4.69) is 20.0 Å². The second kappa shape index (κ2) is 10.5. The lowest BCUT2D eigenvalue weighted by atomic mass is 10.1. The van der Waals surface area contributed by atoms with E-state index in [9.17, 15) is 13.6 Å². The second-order valence-electron chi connectivity index (χ2n) is 6.91. The summed E-state index contributed by atoms with van der Waals surface area (Å²) in [4.78, 5) is 12.8. The van der Waals surface area contributed by atoms with Crippen LogP contribution in [0.2, 0.25) is 0 Å². The molecule has 0 saturated carbocycles. The molecule has 0 saturated heterocycles. The third-order valence-electron chi connectivity index (χ3n) is 4.74. The number of esters is 1. The molecule has 11 heteroatoms. The molecule has 4 rings (SSSR count). The highest BCUT2D eigenvalue weighted by molar-refractivity contribution is 7.99. The van der Waals surface area contributed by atoms with E-state index in [0.29, 0.717) is 33.8 Å². The summed E-state index contributed by atoms with van der Waals surface area (Å²) in [5.74, 6) is 1.07. The summed E-state index contributed by atoms with van der Waals surface area (Å²) in [5, 5.41) is 13.7. The Balaban J connectivity index is 1.70. The fraction of sp³-hybridized carbons (Fsp3) is 0.217. The Kier molecular flexibility index (Phi) is 7.21. The van der Waals surface area contributed by atoms with Crippen molar-refractivity contribution in [3.05, 3.63) is 59.7 Å². The number of benzene rings is 2. The van der Waals surface area contributed by atoms with Gasteiger partial charge >= 0.3 is 12.6 Å². The minimum absolute atomic E-state index is 0.0219. The molecular weight excluding hydrogens is 466 g/mol. The van der Waals surface area contributed by atoms with E-state index in [-0.39, 0.29) is 17.9 Å². The maximum atomic E-state index is 12.8. The molecule has 1 aliphatic heterocycles. The van der Waals surface area contributed by atoms with Gasteiger partial charge < -0.3 is 14.2 Å². The zero-order valence-electron chi connectivity index (χ0n) is 18.3. The first-order chi connectivity index (χ1) is 16.5.